The molecule has 0 atom stereocenters. The number of hydrogen-bond donors (Lipinski definition) is 7. The molecule has 19 nitrogen and oxygen atoms in total. The first-order chi connectivity index (χ1) is 23.1. The number of aromatic hydroxyl groups is 1. The van der Waals surface area contributed by atoms with E-state index in [1.165, 1.54) is 30.3 Å². The summed E-state index contributed by atoms with van der Waals surface area (Å²) in [5, 5.41) is 25.1. The van der Waals surface area contributed by atoms with Crippen molar-refractivity contribution in [1.29, 1.82) is 0 Å². The fourth-order valence-corrected chi connectivity index (χ4v) is 7.76. The summed E-state index contributed by atoms with van der Waals surface area (Å²) in [7, 11) is -20.5. The number of anilines is 1. The van der Waals surface area contributed by atoms with E-state index in [0.29, 0.717) is 23.1 Å². The van der Waals surface area contributed by atoms with E-state index in [4.69, 9.17) is 11.5 Å². The molecule has 262 valence electrons. The summed E-state index contributed by atoms with van der Waals surface area (Å²) in [6.45, 7) is -0.0128. The van der Waals surface area contributed by atoms with Crippen LogP contribution in [0.25, 0.3) is 21.5 Å². The van der Waals surface area contributed by atoms with Gasteiger partial charge < -0.3 is 16.6 Å². The fraction of sp³-hybridized carbons (Fsp3) is 0.0370. The molecule has 0 bridgehead atoms. The van der Waals surface area contributed by atoms with Gasteiger partial charge >= 0.3 is 0 Å². The molecule has 0 spiro atoms. The number of benzene rings is 5. The van der Waals surface area contributed by atoms with Gasteiger partial charge in [0, 0.05) is 11.9 Å². The predicted molar refractivity (Wildman–Crippen MR) is 176 cm³/mol. The van der Waals surface area contributed by atoms with Crippen molar-refractivity contribution in [2.24, 2.45) is 26.2 Å². The molecule has 0 saturated carbocycles. The topological polar surface area (TPSA) is 339 Å². The number of azo groups is 2. The minimum absolute atomic E-state index is 0.0128. The number of fused-ring (bicyclic) bond motifs is 2. The average molecular weight is 767 g/mol. The molecule has 5 rings (SSSR count). The zero-order valence-corrected chi connectivity index (χ0v) is 27.9. The van der Waals surface area contributed by atoms with Gasteiger partial charge in [-0.25, -0.2) is 0 Å². The van der Waals surface area contributed by atoms with Crippen molar-refractivity contribution in [3.05, 3.63) is 72.3 Å². The van der Waals surface area contributed by atoms with E-state index in [9.17, 15) is 57.0 Å². The van der Waals surface area contributed by atoms with Crippen molar-refractivity contribution < 1.29 is 57.0 Å². The van der Waals surface area contributed by atoms with Crippen LogP contribution in [-0.2, 0) is 47.0 Å². The number of phenols is 1. The number of rotatable bonds is 9. The molecule has 0 saturated heterocycles. The highest BCUT2D eigenvalue weighted by Gasteiger charge is 2.29. The molecule has 23 heteroatoms. The first-order valence-electron chi connectivity index (χ1n) is 13.3. The molecule has 0 aliphatic heterocycles. The van der Waals surface area contributed by atoms with Gasteiger partial charge in [0.15, 0.2) is 5.75 Å². The Kier molecular flexibility index (Phi) is 9.24. The summed E-state index contributed by atoms with van der Waals surface area (Å²) in [5.74, 6) is -1.19. The molecule has 0 fully saturated rings. The zero-order chi connectivity index (χ0) is 37.0. The minimum Gasteiger partial charge on any atom is -0.505 e. The Morgan fingerprint density at radius 1 is 0.580 bits per heavy atom. The summed E-state index contributed by atoms with van der Waals surface area (Å²) < 4.78 is 138. The number of nitrogen functional groups attached to an aromatic ring is 1. The molecule has 0 aliphatic carbocycles. The van der Waals surface area contributed by atoms with Crippen LogP contribution >= 0.6 is 0 Å². The average Bonchev–Trinajstić information content (AvgIpc) is 3.01. The van der Waals surface area contributed by atoms with Crippen molar-refractivity contribution >= 4 is 90.5 Å². The van der Waals surface area contributed by atoms with Gasteiger partial charge in [-0.2, -0.15) is 33.7 Å². The highest BCUT2D eigenvalue weighted by atomic mass is 32.2. The van der Waals surface area contributed by atoms with Gasteiger partial charge in [-0.05, 0) is 46.7 Å². The van der Waals surface area contributed by atoms with Crippen molar-refractivity contribution in [2.75, 3.05) is 5.73 Å². The van der Waals surface area contributed by atoms with E-state index >= 15 is 0 Å². The summed E-state index contributed by atoms with van der Waals surface area (Å²) >= 11 is 0. The van der Waals surface area contributed by atoms with E-state index in [1.54, 1.807) is 6.07 Å². The van der Waals surface area contributed by atoms with E-state index in [0.717, 1.165) is 18.2 Å². The molecule has 9 N–H and O–H groups in total. The first kappa shape index (κ1) is 36.3. The lowest BCUT2D eigenvalue weighted by Crippen LogP contribution is -2.04. The molecule has 0 aliphatic rings. The highest BCUT2D eigenvalue weighted by molar-refractivity contribution is 7.86. The number of hydrogen-bond acceptors (Lipinski definition) is 15. The standard InChI is InChI=1S/C27H22N6O13S4/c28-12-13-4-3-5-16-15(13)8-9-18(27(16)50(44,45)46)31-33-25-21(49(41,42)43)11-14-10-20(48(38,39)40)24(23(29)22(14)26(25)34)32-30-17-6-1-2-7-19(17)47(35,36)37/h1-11,34H,12,28-29H2,(H,35,36,37)(H,38,39,40)(H,41,42,43)(H,44,45,46). The maximum absolute atomic E-state index is 12.5. The Bertz CT molecular complexity index is 2770. The van der Waals surface area contributed by atoms with E-state index in [1.807, 2.05) is 0 Å². The molecule has 0 amide bonds. The van der Waals surface area contributed by atoms with E-state index in [2.05, 4.69) is 20.5 Å². The maximum Gasteiger partial charge on any atom is 0.297 e. The van der Waals surface area contributed by atoms with E-state index in [-0.39, 0.29) is 11.9 Å². The molecule has 0 aromatic heterocycles. The summed E-state index contributed by atoms with van der Waals surface area (Å²) in [5.41, 5.74) is 8.53. The maximum atomic E-state index is 12.5. The predicted octanol–water partition coefficient (Wildman–Crippen LogP) is 4.56. The minimum atomic E-state index is -5.34. The second-order valence-corrected chi connectivity index (χ2v) is 15.7. The highest BCUT2D eigenvalue weighted by Crippen LogP contribution is 2.48. The van der Waals surface area contributed by atoms with Gasteiger partial charge in [-0.3, -0.25) is 18.2 Å². The molecule has 5 aromatic carbocycles. The monoisotopic (exact) mass is 766 g/mol. The second-order valence-electron chi connectivity index (χ2n) is 10.2. The van der Waals surface area contributed by atoms with Crippen LogP contribution in [0.5, 0.6) is 5.75 Å². The van der Waals surface area contributed by atoms with Crippen LogP contribution in [0.3, 0.4) is 0 Å². The van der Waals surface area contributed by atoms with Gasteiger partial charge in [0.1, 0.15) is 42.3 Å². The van der Waals surface area contributed by atoms with Crippen LogP contribution in [-0.4, -0.2) is 57.0 Å². The molecule has 0 heterocycles. The Hall–Kier alpha value is -4.98. The van der Waals surface area contributed by atoms with Gasteiger partial charge in [-0.15, -0.1) is 20.5 Å². The Morgan fingerprint density at radius 3 is 1.72 bits per heavy atom. The molecular formula is C27H22N6O13S4. The smallest absolute Gasteiger partial charge is 0.297 e. The Balaban J connectivity index is 1.82. The third kappa shape index (κ3) is 6.89. The third-order valence-corrected chi connectivity index (χ3v) is 10.7. The van der Waals surface area contributed by atoms with Gasteiger partial charge in [0.25, 0.3) is 40.5 Å². The number of nitrogens with zero attached hydrogens (tertiary/aromatic N) is 4. The van der Waals surface area contributed by atoms with Gasteiger partial charge in [-0.1, -0.05) is 36.4 Å². The van der Waals surface area contributed by atoms with E-state index < -0.39 is 105 Å². The molecule has 0 unspecified atom stereocenters. The zero-order valence-electron chi connectivity index (χ0n) is 24.6. The van der Waals surface area contributed by atoms with Crippen molar-refractivity contribution in [2.45, 2.75) is 26.1 Å². The van der Waals surface area contributed by atoms with Crippen molar-refractivity contribution in [3.8, 4) is 5.75 Å². The molecule has 5 aromatic rings. The Labute approximate surface area is 282 Å². The summed E-state index contributed by atoms with van der Waals surface area (Å²) in [6.07, 6.45) is 0. The molecule has 50 heavy (non-hydrogen) atoms. The largest absolute Gasteiger partial charge is 0.505 e. The lowest BCUT2D eigenvalue weighted by molar-refractivity contribution is 0.472. The number of phenolic OH excluding ortho intramolecular Hbond substituents is 1. The summed E-state index contributed by atoms with van der Waals surface area (Å²) in [4.78, 5) is -3.83. The molecular weight excluding hydrogens is 745 g/mol. The lowest BCUT2D eigenvalue weighted by Gasteiger charge is -2.14. The normalized spacial score (nSPS) is 13.2. The fourth-order valence-electron chi connectivity index (χ4n) is 4.98. The van der Waals surface area contributed by atoms with Crippen LogP contribution < -0.4 is 11.5 Å². The summed E-state index contributed by atoms with van der Waals surface area (Å²) in [6, 6.07) is 12.6. The molecule has 0 radical (unpaired) electrons. The lowest BCUT2D eigenvalue weighted by atomic mass is 10.0. The van der Waals surface area contributed by atoms with Crippen molar-refractivity contribution in [3.63, 3.8) is 0 Å². The van der Waals surface area contributed by atoms with Crippen LogP contribution in [0.2, 0.25) is 0 Å². The van der Waals surface area contributed by atoms with Crippen LogP contribution in [0.15, 0.2) is 107 Å². The van der Waals surface area contributed by atoms with Gasteiger partial charge in [0.05, 0.1) is 11.1 Å². The van der Waals surface area contributed by atoms with Crippen LogP contribution in [0.4, 0.5) is 28.4 Å². The van der Waals surface area contributed by atoms with Crippen LogP contribution in [0.1, 0.15) is 5.56 Å². The SMILES string of the molecule is NCc1cccc2c(S(=O)(=O)O)c(N=Nc3c(S(=O)(=O)O)cc4cc(S(=O)(=O)O)c(N=Nc5ccccc5S(=O)(=O)O)c(N)c4c3O)ccc12. The van der Waals surface area contributed by atoms with Crippen molar-refractivity contribution in [1.82, 2.24) is 0 Å². The quantitative estimate of drug-likeness (QED) is 0.0614. The van der Waals surface area contributed by atoms with Crippen LogP contribution in [0, 0.1) is 0 Å². The third-order valence-electron chi connectivity index (χ3n) is 7.09. The van der Waals surface area contributed by atoms with Gasteiger partial charge in [0.2, 0.25) is 0 Å². The second kappa shape index (κ2) is 12.7. The Morgan fingerprint density at radius 2 is 1.14 bits per heavy atom. The number of nitrogens with two attached hydrogens (primary N) is 2. The first-order valence-corrected chi connectivity index (χ1v) is 19.1.